The van der Waals surface area contributed by atoms with E-state index >= 15 is 0 Å². The Kier molecular flexibility index (Phi) is 6.05. The van der Waals surface area contributed by atoms with Crippen LogP contribution in [-0.4, -0.2) is 0 Å². The molecule has 5 aromatic rings. The van der Waals surface area contributed by atoms with Crippen LogP contribution in [0.25, 0.3) is 21.5 Å². The molecule has 0 fully saturated rings. The fourth-order valence-corrected chi connectivity index (χ4v) is 5.70. The molecule has 0 bridgehead atoms. The second-order valence-corrected chi connectivity index (χ2v) is 9.35. The molecular weight excluding hydrogens is 478 g/mol. The number of hydrogen-bond donors (Lipinski definition) is 0. The molecule has 0 aliphatic heterocycles. The van der Waals surface area contributed by atoms with E-state index < -0.39 is 0 Å². The van der Waals surface area contributed by atoms with E-state index in [-0.39, 0.29) is 0 Å². The molecule has 0 saturated heterocycles. The summed E-state index contributed by atoms with van der Waals surface area (Å²) in [6, 6.07) is 28.4. The van der Waals surface area contributed by atoms with Crippen LogP contribution >= 0.6 is 46.4 Å². The highest BCUT2D eigenvalue weighted by molar-refractivity contribution is 6.53. The highest BCUT2D eigenvalue weighted by atomic mass is 35.5. The quantitative estimate of drug-likeness (QED) is 0.217. The number of halogens is 4. The van der Waals surface area contributed by atoms with Gasteiger partial charge in [-0.25, -0.2) is 0 Å². The summed E-state index contributed by atoms with van der Waals surface area (Å²) < 4.78 is 0. The van der Waals surface area contributed by atoms with Crippen LogP contribution in [0.1, 0.15) is 22.3 Å². The molecule has 0 spiro atoms. The molecule has 0 unspecified atom stereocenters. The van der Waals surface area contributed by atoms with E-state index in [9.17, 15) is 0 Å². The maximum absolute atomic E-state index is 7.06. The van der Waals surface area contributed by atoms with Gasteiger partial charge in [0.1, 0.15) is 0 Å². The number of rotatable bonds is 4. The summed E-state index contributed by atoms with van der Waals surface area (Å²) >= 11 is 27.8. The lowest BCUT2D eigenvalue weighted by Gasteiger charge is -2.21. The molecule has 158 valence electrons. The normalized spacial score (nSPS) is 11.4. The minimum absolute atomic E-state index is 0.446. The van der Waals surface area contributed by atoms with E-state index in [0.717, 1.165) is 32.8 Å². The molecule has 4 heteroatoms. The van der Waals surface area contributed by atoms with Crippen molar-refractivity contribution in [2.45, 2.75) is 12.8 Å². The molecule has 0 nitrogen and oxygen atoms in total. The maximum Gasteiger partial charge on any atom is 0.0689 e. The van der Waals surface area contributed by atoms with Crippen LogP contribution in [0.3, 0.4) is 0 Å². The van der Waals surface area contributed by atoms with Crippen LogP contribution in [0, 0.1) is 0 Å². The van der Waals surface area contributed by atoms with Crippen molar-refractivity contribution in [2.75, 3.05) is 0 Å². The summed E-state index contributed by atoms with van der Waals surface area (Å²) in [7, 11) is 0. The summed E-state index contributed by atoms with van der Waals surface area (Å²) in [6.45, 7) is 0. The summed E-state index contributed by atoms with van der Waals surface area (Å²) in [5.41, 5.74) is 4.36. The van der Waals surface area contributed by atoms with Gasteiger partial charge in [-0.15, -0.1) is 0 Å². The van der Waals surface area contributed by atoms with Gasteiger partial charge in [0.2, 0.25) is 0 Å². The first-order chi connectivity index (χ1) is 15.6. The molecular formula is C28H18Cl4. The lowest BCUT2D eigenvalue weighted by molar-refractivity contribution is 1.11. The van der Waals surface area contributed by atoms with Gasteiger partial charge in [0, 0.05) is 21.5 Å². The molecule has 0 aliphatic rings. The zero-order valence-electron chi connectivity index (χ0n) is 17.0. The van der Waals surface area contributed by atoms with Crippen LogP contribution < -0.4 is 0 Å². The Hall–Kier alpha value is -2.22. The second kappa shape index (κ2) is 8.96. The Labute approximate surface area is 207 Å². The van der Waals surface area contributed by atoms with Gasteiger partial charge in [0.25, 0.3) is 0 Å². The summed E-state index contributed by atoms with van der Waals surface area (Å²) in [4.78, 5) is 0. The average Bonchev–Trinajstić information content (AvgIpc) is 2.83. The van der Waals surface area contributed by atoms with Crippen LogP contribution in [0.4, 0.5) is 0 Å². The van der Waals surface area contributed by atoms with Crippen molar-refractivity contribution in [3.05, 3.63) is 127 Å². The Morgan fingerprint density at radius 2 is 0.844 bits per heavy atom. The van der Waals surface area contributed by atoms with E-state index in [2.05, 4.69) is 24.3 Å². The third kappa shape index (κ3) is 3.76. The number of hydrogen-bond acceptors (Lipinski definition) is 0. The highest BCUT2D eigenvalue weighted by Crippen LogP contribution is 2.48. The molecule has 0 aromatic heterocycles. The van der Waals surface area contributed by atoms with Crippen molar-refractivity contribution in [3.63, 3.8) is 0 Å². The lowest BCUT2D eigenvalue weighted by Crippen LogP contribution is -2.02. The number of benzene rings is 5. The average molecular weight is 496 g/mol. The van der Waals surface area contributed by atoms with Crippen LogP contribution in [0.15, 0.2) is 84.9 Å². The van der Waals surface area contributed by atoms with Gasteiger partial charge in [0.15, 0.2) is 0 Å². The molecule has 0 atom stereocenters. The van der Waals surface area contributed by atoms with Gasteiger partial charge >= 0.3 is 0 Å². The van der Waals surface area contributed by atoms with E-state index in [1.54, 1.807) is 0 Å². The largest absolute Gasteiger partial charge is 0.0830 e. The van der Waals surface area contributed by atoms with Gasteiger partial charge in [-0.1, -0.05) is 131 Å². The number of fused-ring (bicyclic) bond motifs is 2. The molecule has 32 heavy (non-hydrogen) atoms. The smallest absolute Gasteiger partial charge is 0.0689 e. The minimum atomic E-state index is 0.446. The third-order valence-electron chi connectivity index (χ3n) is 5.88. The first-order valence-electron chi connectivity index (χ1n) is 10.3. The first kappa shape index (κ1) is 21.6. The van der Waals surface area contributed by atoms with Gasteiger partial charge in [0.05, 0.1) is 20.1 Å². The summed E-state index contributed by atoms with van der Waals surface area (Å²) in [5, 5.41) is 5.57. The van der Waals surface area contributed by atoms with E-state index in [1.165, 1.54) is 5.56 Å². The molecule has 0 radical (unpaired) electrons. The van der Waals surface area contributed by atoms with Gasteiger partial charge in [-0.3, -0.25) is 0 Å². The third-order valence-corrected chi connectivity index (χ3v) is 7.56. The zero-order chi connectivity index (χ0) is 22.2. The molecule has 0 saturated carbocycles. The van der Waals surface area contributed by atoms with Gasteiger partial charge < -0.3 is 0 Å². The summed E-state index contributed by atoms with van der Waals surface area (Å²) in [6.07, 6.45) is 1.32. The van der Waals surface area contributed by atoms with Crippen molar-refractivity contribution < 1.29 is 0 Å². The van der Waals surface area contributed by atoms with Gasteiger partial charge in [-0.05, 0) is 35.1 Å². The standard InChI is InChI=1S/C28H18Cl4/c29-25-19-13-7-8-14-20(19)26(30)24-23(25)21(15-17-9-3-1-4-10-17)22(27(31)28(24)32)16-18-11-5-2-6-12-18/h1-14H,15-16H2. The van der Waals surface area contributed by atoms with Crippen molar-refractivity contribution in [3.8, 4) is 0 Å². The van der Waals surface area contributed by atoms with Crippen molar-refractivity contribution in [1.82, 2.24) is 0 Å². The van der Waals surface area contributed by atoms with E-state index in [1.807, 2.05) is 60.7 Å². The molecule has 0 N–H and O–H groups in total. The Bertz CT molecular complexity index is 1440. The van der Waals surface area contributed by atoms with Crippen molar-refractivity contribution >= 4 is 67.9 Å². The molecule has 0 aliphatic carbocycles. The van der Waals surface area contributed by atoms with E-state index in [0.29, 0.717) is 38.3 Å². The predicted molar refractivity (Wildman–Crippen MR) is 140 cm³/mol. The second-order valence-electron chi connectivity index (χ2n) is 7.83. The fraction of sp³-hybridized carbons (Fsp3) is 0.0714. The zero-order valence-corrected chi connectivity index (χ0v) is 20.0. The van der Waals surface area contributed by atoms with Gasteiger partial charge in [-0.2, -0.15) is 0 Å². The highest BCUT2D eigenvalue weighted by Gasteiger charge is 2.24. The topological polar surface area (TPSA) is 0 Å². The van der Waals surface area contributed by atoms with Crippen LogP contribution in [-0.2, 0) is 12.8 Å². The Morgan fingerprint density at radius 3 is 1.38 bits per heavy atom. The summed E-state index contributed by atoms with van der Waals surface area (Å²) in [5.74, 6) is 0. The van der Waals surface area contributed by atoms with E-state index in [4.69, 9.17) is 46.4 Å². The fourth-order valence-electron chi connectivity index (χ4n) is 4.35. The first-order valence-corrected chi connectivity index (χ1v) is 11.8. The monoisotopic (exact) mass is 494 g/mol. The maximum atomic E-state index is 7.06. The molecule has 5 rings (SSSR count). The Balaban J connectivity index is 1.89. The molecule has 0 heterocycles. The van der Waals surface area contributed by atoms with Crippen molar-refractivity contribution in [2.24, 2.45) is 0 Å². The SMILES string of the molecule is Clc1c(Cc2ccccc2)c(Cc2ccccc2)c2c(Cl)c3ccccc3c(Cl)c2c1Cl. The minimum Gasteiger partial charge on any atom is -0.0830 e. The predicted octanol–water partition coefficient (Wildman–Crippen LogP) is 9.79. The Morgan fingerprint density at radius 1 is 0.406 bits per heavy atom. The van der Waals surface area contributed by atoms with Crippen LogP contribution in [0.5, 0.6) is 0 Å². The molecule has 5 aromatic carbocycles. The molecule has 0 amide bonds. The van der Waals surface area contributed by atoms with Crippen molar-refractivity contribution in [1.29, 1.82) is 0 Å². The lowest BCUT2D eigenvalue weighted by atomic mass is 9.89. The van der Waals surface area contributed by atoms with Crippen LogP contribution in [0.2, 0.25) is 20.1 Å².